The predicted molar refractivity (Wildman–Crippen MR) is 145 cm³/mol. The summed E-state index contributed by atoms with van der Waals surface area (Å²) in [4.78, 5) is 0. The van der Waals surface area contributed by atoms with E-state index in [1.807, 2.05) is 24.3 Å². The molecular formula is C25H27Cl2IN4. The van der Waals surface area contributed by atoms with Crippen LogP contribution in [0.5, 0.6) is 0 Å². The Morgan fingerprint density at radius 3 is 2.59 bits per heavy atom. The molecule has 0 saturated carbocycles. The zero-order valence-corrected chi connectivity index (χ0v) is 21.6. The lowest BCUT2D eigenvalue weighted by molar-refractivity contribution is 0.324. The van der Waals surface area contributed by atoms with Gasteiger partial charge >= 0.3 is 0 Å². The highest BCUT2D eigenvalue weighted by atomic mass is 127. The number of anilines is 1. The van der Waals surface area contributed by atoms with Gasteiger partial charge in [-0.05, 0) is 66.8 Å². The molecule has 0 radical (unpaired) electrons. The van der Waals surface area contributed by atoms with E-state index in [9.17, 15) is 0 Å². The maximum atomic E-state index is 6.09. The summed E-state index contributed by atoms with van der Waals surface area (Å²) in [6.45, 7) is 4.52. The van der Waals surface area contributed by atoms with Crippen LogP contribution < -0.4 is 10.6 Å². The Hall–Kier alpha value is -1.43. The van der Waals surface area contributed by atoms with E-state index >= 15 is 0 Å². The Bertz CT molecular complexity index is 1090. The zero-order chi connectivity index (χ0) is 22.3. The topological polar surface area (TPSA) is 32.2 Å². The maximum Gasteiger partial charge on any atom is 0.0931 e. The first-order valence-electron chi connectivity index (χ1n) is 10.9. The standard InChI is InChI=1S/C25H27Cl2IN4/c26-11-15-32-24(2-1-12-29-22-6-4-21(27)5-7-22)17-20-16-19(3-8-25(20)32)18-30-23-9-13-31(28)14-10-23/h3-8,16-17,23,29-30H,9-15,18H2. The number of nitrogens with zero attached hydrogens (tertiary/aromatic N) is 2. The molecule has 2 N–H and O–H groups in total. The van der Waals surface area contributed by atoms with Crippen molar-refractivity contribution in [1.82, 2.24) is 13.0 Å². The van der Waals surface area contributed by atoms with Crippen molar-refractivity contribution < 1.29 is 0 Å². The number of halogens is 3. The molecule has 0 spiro atoms. The number of fused-ring (bicyclic) bond motifs is 1. The smallest absolute Gasteiger partial charge is 0.0931 e. The van der Waals surface area contributed by atoms with Crippen molar-refractivity contribution in [3.8, 4) is 11.8 Å². The van der Waals surface area contributed by atoms with E-state index in [2.05, 4.69) is 77.3 Å². The Morgan fingerprint density at radius 2 is 1.84 bits per heavy atom. The van der Waals surface area contributed by atoms with Gasteiger partial charge in [0.25, 0.3) is 0 Å². The van der Waals surface area contributed by atoms with Gasteiger partial charge in [0.1, 0.15) is 0 Å². The second kappa shape index (κ2) is 11.6. The third kappa shape index (κ3) is 6.33. The van der Waals surface area contributed by atoms with Gasteiger partial charge < -0.3 is 15.2 Å². The first-order valence-corrected chi connectivity index (χ1v) is 12.8. The monoisotopic (exact) mass is 580 g/mol. The number of aryl methyl sites for hydroxylation is 1. The second-order valence-electron chi connectivity index (χ2n) is 7.99. The average Bonchev–Trinajstić information content (AvgIpc) is 3.14. The molecule has 2 aromatic carbocycles. The van der Waals surface area contributed by atoms with Crippen LogP contribution in [-0.2, 0) is 13.1 Å². The number of aromatic nitrogens is 1. The predicted octanol–water partition coefficient (Wildman–Crippen LogP) is 5.90. The Balaban J connectivity index is 1.44. The summed E-state index contributed by atoms with van der Waals surface area (Å²) >= 11 is 14.4. The molecule has 1 aliphatic rings. The van der Waals surface area contributed by atoms with Crippen molar-refractivity contribution in [1.29, 1.82) is 0 Å². The van der Waals surface area contributed by atoms with Crippen LogP contribution in [0.25, 0.3) is 10.9 Å². The van der Waals surface area contributed by atoms with E-state index in [1.165, 1.54) is 29.3 Å². The number of hydrogen-bond acceptors (Lipinski definition) is 3. The van der Waals surface area contributed by atoms with Crippen molar-refractivity contribution in [2.45, 2.75) is 32.0 Å². The normalized spacial score (nSPS) is 15.0. The molecule has 1 fully saturated rings. The summed E-state index contributed by atoms with van der Waals surface area (Å²) in [6, 6.07) is 17.1. The van der Waals surface area contributed by atoms with E-state index in [-0.39, 0.29) is 0 Å². The molecule has 3 aromatic rings. The lowest BCUT2D eigenvalue weighted by Gasteiger charge is -2.28. The van der Waals surface area contributed by atoms with Crippen LogP contribution in [0.4, 0.5) is 5.69 Å². The quantitative estimate of drug-likeness (QED) is 0.158. The fourth-order valence-electron chi connectivity index (χ4n) is 4.02. The summed E-state index contributed by atoms with van der Waals surface area (Å²) in [5, 5.41) is 8.98. The van der Waals surface area contributed by atoms with Crippen molar-refractivity contribution in [3.63, 3.8) is 0 Å². The Kier molecular flexibility index (Phi) is 8.62. The molecule has 0 amide bonds. The van der Waals surface area contributed by atoms with Gasteiger partial charge in [0, 0.05) is 82.6 Å². The highest BCUT2D eigenvalue weighted by Gasteiger charge is 2.17. The molecule has 4 rings (SSSR count). The van der Waals surface area contributed by atoms with E-state index in [0.717, 1.165) is 42.6 Å². The van der Waals surface area contributed by atoms with Crippen LogP contribution in [0.15, 0.2) is 48.5 Å². The molecule has 7 heteroatoms. The van der Waals surface area contributed by atoms with E-state index in [0.29, 0.717) is 18.5 Å². The molecule has 1 aliphatic heterocycles. The van der Waals surface area contributed by atoms with E-state index < -0.39 is 0 Å². The molecule has 1 aromatic heterocycles. The van der Waals surface area contributed by atoms with E-state index in [4.69, 9.17) is 23.2 Å². The molecule has 0 bridgehead atoms. The molecule has 32 heavy (non-hydrogen) atoms. The van der Waals surface area contributed by atoms with Crippen LogP contribution in [0.2, 0.25) is 5.02 Å². The van der Waals surface area contributed by atoms with Crippen molar-refractivity contribution in [2.75, 3.05) is 30.8 Å². The maximum absolute atomic E-state index is 6.09. The summed E-state index contributed by atoms with van der Waals surface area (Å²) < 4.78 is 4.58. The fraction of sp³-hybridized carbons (Fsp3) is 0.360. The number of benzene rings is 2. The van der Waals surface area contributed by atoms with Crippen LogP contribution in [0.3, 0.4) is 0 Å². The van der Waals surface area contributed by atoms with Crippen LogP contribution in [-0.4, -0.2) is 39.2 Å². The largest absolute Gasteiger partial charge is 0.374 e. The number of rotatable bonds is 7. The fourth-order valence-corrected chi connectivity index (χ4v) is 4.87. The first-order chi connectivity index (χ1) is 15.6. The van der Waals surface area contributed by atoms with Crippen LogP contribution in [0.1, 0.15) is 24.1 Å². The minimum Gasteiger partial charge on any atom is -0.374 e. The molecule has 0 unspecified atom stereocenters. The second-order valence-corrected chi connectivity index (χ2v) is 10.2. The van der Waals surface area contributed by atoms with Gasteiger partial charge in [0.15, 0.2) is 0 Å². The Labute approximate surface area is 214 Å². The minimum atomic E-state index is 0.556. The number of hydrogen-bond donors (Lipinski definition) is 2. The molecule has 1 saturated heterocycles. The van der Waals surface area contributed by atoms with Gasteiger partial charge in [-0.1, -0.05) is 23.6 Å². The molecule has 168 valence electrons. The first kappa shape index (κ1) is 23.7. The van der Waals surface area contributed by atoms with Crippen molar-refractivity contribution in [2.24, 2.45) is 0 Å². The summed E-state index contributed by atoms with van der Waals surface area (Å²) in [5.41, 5.74) is 4.49. The van der Waals surface area contributed by atoms with Crippen LogP contribution >= 0.6 is 46.1 Å². The summed E-state index contributed by atoms with van der Waals surface area (Å²) in [6.07, 6.45) is 2.42. The lowest BCUT2D eigenvalue weighted by atomic mass is 10.1. The highest BCUT2D eigenvalue weighted by molar-refractivity contribution is 14.1. The lowest BCUT2D eigenvalue weighted by Crippen LogP contribution is -2.38. The van der Waals surface area contributed by atoms with Gasteiger partial charge in [-0.15, -0.1) is 11.6 Å². The average molecular weight is 581 g/mol. The SMILES string of the molecule is ClCCn1c(C#CCNc2ccc(Cl)cc2)cc2cc(CNC3CCN(I)CC3)ccc21. The molecule has 4 nitrogen and oxygen atoms in total. The highest BCUT2D eigenvalue weighted by Crippen LogP contribution is 2.22. The number of alkyl halides is 1. The number of piperidine rings is 1. The molecule has 0 aliphatic carbocycles. The van der Waals surface area contributed by atoms with Gasteiger partial charge in [0.2, 0.25) is 0 Å². The zero-order valence-electron chi connectivity index (χ0n) is 17.9. The summed E-state index contributed by atoms with van der Waals surface area (Å²) in [7, 11) is 0. The summed E-state index contributed by atoms with van der Waals surface area (Å²) in [5.74, 6) is 7.11. The van der Waals surface area contributed by atoms with Crippen molar-refractivity contribution >= 4 is 62.7 Å². The minimum absolute atomic E-state index is 0.556. The Morgan fingerprint density at radius 1 is 1.06 bits per heavy atom. The van der Waals surface area contributed by atoms with E-state index in [1.54, 1.807) is 0 Å². The van der Waals surface area contributed by atoms with Gasteiger partial charge in [-0.3, -0.25) is 0 Å². The third-order valence-electron chi connectivity index (χ3n) is 5.75. The van der Waals surface area contributed by atoms with Gasteiger partial charge in [-0.2, -0.15) is 0 Å². The van der Waals surface area contributed by atoms with Crippen LogP contribution in [0, 0.1) is 11.8 Å². The molecular weight excluding hydrogens is 554 g/mol. The number of nitrogens with one attached hydrogen (secondary N) is 2. The molecule has 2 heterocycles. The third-order valence-corrected chi connectivity index (χ3v) is 7.14. The van der Waals surface area contributed by atoms with Gasteiger partial charge in [0.05, 0.1) is 12.2 Å². The molecule has 0 atom stereocenters. The van der Waals surface area contributed by atoms with Crippen molar-refractivity contribution in [3.05, 3.63) is 64.8 Å². The van der Waals surface area contributed by atoms with Gasteiger partial charge in [-0.25, -0.2) is 3.11 Å².